The van der Waals surface area contributed by atoms with Crippen molar-refractivity contribution in [2.45, 2.75) is 17.2 Å². The van der Waals surface area contributed by atoms with E-state index in [0.717, 1.165) is 4.31 Å². The molecular formula is C25H24F6N4O5S. The van der Waals surface area contributed by atoms with Crippen LogP contribution in [0.15, 0.2) is 47.4 Å². The molecule has 222 valence electrons. The first kappa shape index (κ1) is 30.2. The van der Waals surface area contributed by atoms with E-state index in [0.29, 0.717) is 34.3 Å². The first-order valence-electron chi connectivity index (χ1n) is 11.9. The summed E-state index contributed by atoms with van der Waals surface area (Å²) < 4.78 is 122. The SMILES string of the molecule is COc1cc(-c2ccc(N3CCN(S(=O)(=O)c4cc(C(F)(F)F)cc(C(F)(F)F)c4)CC3)nn2)cc(OC)c1OC. The average Bonchev–Trinajstić information content (AvgIpc) is 2.95. The maximum atomic E-state index is 13.2. The molecule has 2 aromatic carbocycles. The summed E-state index contributed by atoms with van der Waals surface area (Å²) in [6.45, 7) is -0.252. The molecule has 0 unspecified atom stereocenters. The van der Waals surface area contributed by atoms with Crippen LogP contribution in [0.4, 0.5) is 32.2 Å². The molecule has 2 heterocycles. The fourth-order valence-electron chi connectivity index (χ4n) is 4.26. The summed E-state index contributed by atoms with van der Waals surface area (Å²) >= 11 is 0. The van der Waals surface area contributed by atoms with E-state index in [2.05, 4.69) is 10.2 Å². The van der Waals surface area contributed by atoms with Gasteiger partial charge in [0.15, 0.2) is 17.3 Å². The van der Waals surface area contributed by atoms with E-state index >= 15 is 0 Å². The molecule has 1 aromatic heterocycles. The lowest BCUT2D eigenvalue weighted by atomic mass is 10.1. The van der Waals surface area contributed by atoms with Crippen LogP contribution in [0.1, 0.15) is 11.1 Å². The monoisotopic (exact) mass is 606 g/mol. The van der Waals surface area contributed by atoms with Gasteiger partial charge in [0.2, 0.25) is 15.8 Å². The molecular weight excluding hydrogens is 582 g/mol. The van der Waals surface area contributed by atoms with Crippen LogP contribution in [0.25, 0.3) is 11.3 Å². The van der Waals surface area contributed by atoms with Crippen molar-refractivity contribution >= 4 is 15.8 Å². The zero-order valence-electron chi connectivity index (χ0n) is 21.9. The van der Waals surface area contributed by atoms with E-state index in [-0.39, 0.29) is 44.4 Å². The van der Waals surface area contributed by atoms with Gasteiger partial charge in [-0.1, -0.05) is 0 Å². The molecule has 4 rings (SSSR count). The van der Waals surface area contributed by atoms with Crippen molar-refractivity contribution in [3.63, 3.8) is 0 Å². The fraction of sp³-hybridized carbons (Fsp3) is 0.360. The molecule has 1 saturated heterocycles. The molecule has 0 saturated carbocycles. The number of benzene rings is 2. The highest BCUT2D eigenvalue weighted by Crippen LogP contribution is 2.41. The Labute approximate surface area is 231 Å². The molecule has 9 nitrogen and oxygen atoms in total. The summed E-state index contributed by atoms with van der Waals surface area (Å²) in [5.74, 6) is 1.62. The van der Waals surface area contributed by atoms with Gasteiger partial charge in [-0.15, -0.1) is 10.2 Å². The van der Waals surface area contributed by atoms with Crippen molar-refractivity contribution in [1.29, 1.82) is 0 Å². The van der Waals surface area contributed by atoms with Gasteiger partial charge in [0.1, 0.15) is 0 Å². The van der Waals surface area contributed by atoms with E-state index in [4.69, 9.17) is 14.2 Å². The Morgan fingerprint density at radius 3 is 1.68 bits per heavy atom. The molecule has 0 radical (unpaired) electrons. The predicted molar refractivity (Wildman–Crippen MR) is 135 cm³/mol. The maximum absolute atomic E-state index is 13.2. The number of halogens is 6. The Morgan fingerprint density at radius 1 is 0.732 bits per heavy atom. The number of ether oxygens (including phenoxy) is 3. The highest BCUT2D eigenvalue weighted by molar-refractivity contribution is 7.89. The van der Waals surface area contributed by atoms with Gasteiger partial charge in [-0.05, 0) is 42.5 Å². The van der Waals surface area contributed by atoms with Crippen molar-refractivity contribution in [2.75, 3.05) is 52.4 Å². The number of piperazine rings is 1. The first-order valence-corrected chi connectivity index (χ1v) is 13.3. The van der Waals surface area contributed by atoms with Crippen molar-refractivity contribution in [3.8, 4) is 28.5 Å². The van der Waals surface area contributed by atoms with Gasteiger partial charge in [-0.3, -0.25) is 0 Å². The molecule has 1 aliphatic rings. The average molecular weight is 607 g/mol. The van der Waals surface area contributed by atoms with E-state index in [9.17, 15) is 34.8 Å². The van der Waals surface area contributed by atoms with E-state index in [1.807, 2.05) is 0 Å². The summed E-state index contributed by atoms with van der Waals surface area (Å²) in [5, 5.41) is 8.42. The minimum absolute atomic E-state index is 0.0720. The number of hydrogen-bond acceptors (Lipinski definition) is 8. The Balaban J connectivity index is 1.52. The molecule has 41 heavy (non-hydrogen) atoms. The van der Waals surface area contributed by atoms with Gasteiger partial charge < -0.3 is 19.1 Å². The van der Waals surface area contributed by atoms with E-state index in [1.54, 1.807) is 29.2 Å². The quantitative estimate of drug-likeness (QED) is 0.357. The second kappa shape index (κ2) is 11.2. The minimum atomic E-state index is -5.17. The van der Waals surface area contributed by atoms with Gasteiger partial charge in [0.05, 0.1) is 43.0 Å². The molecule has 0 amide bonds. The standard InChI is InChI=1S/C25H24F6N4O5S/c1-38-20-10-15(11-21(39-2)23(20)40-3)19-4-5-22(33-32-19)34-6-8-35(9-7-34)41(36,37)18-13-16(24(26,27)28)12-17(14-18)25(29,30)31/h4-5,10-14H,6-9H2,1-3H3. The third kappa shape index (κ3) is 6.27. The molecule has 0 N–H and O–H groups in total. The van der Waals surface area contributed by atoms with Crippen LogP contribution in [0.2, 0.25) is 0 Å². The molecule has 1 aliphatic heterocycles. The van der Waals surface area contributed by atoms with Crippen molar-refractivity contribution in [3.05, 3.63) is 53.6 Å². The third-order valence-electron chi connectivity index (χ3n) is 6.37. The summed E-state index contributed by atoms with van der Waals surface area (Å²) in [6, 6.07) is 7.01. The second-order valence-electron chi connectivity index (χ2n) is 8.82. The number of alkyl halides is 6. The largest absolute Gasteiger partial charge is 0.493 e. The number of sulfonamides is 1. The lowest BCUT2D eigenvalue weighted by Gasteiger charge is -2.34. The first-order chi connectivity index (χ1) is 19.2. The van der Waals surface area contributed by atoms with Crippen LogP contribution in [0, 0.1) is 0 Å². The number of rotatable bonds is 7. The normalized spacial score (nSPS) is 15.1. The van der Waals surface area contributed by atoms with Crippen LogP contribution < -0.4 is 19.1 Å². The van der Waals surface area contributed by atoms with Crippen molar-refractivity contribution in [1.82, 2.24) is 14.5 Å². The third-order valence-corrected chi connectivity index (χ3v) is 8.25. The predicted octanol–water partition coefficient (Wildman–Crippen LogP) is 4.72. The van der Waals surface area contributed by atoms with Crippen LogP contribution >= 0.6 is 0 Å². The van der Waals surface area contributed by atoms with Gasteiger partial charge in [-0.2, -0.15) is 30.6 Å². The topological polar surface area (TPSA) is 94.1 Å². The lowest BCUT2D eigenvalue weighted by Crippen LogP contribution is -2.49. The number of hydrogen-bond donors (Lipinski definition) is 0. The minimum Gasteiger partial charge on any atom is -0.493 e. The van der Waals surface area contributed by atoms with Gasteiger partial charge in [0, 0.05) is 31.7 Å². The molecule has 16 heteroatoms. The molecule has 0 bridgehead atoms. The Hall–Kier alpha value is -3.79. The Morgan fingerprint density at radius 2 is 1.27 bits per heavy atom. The molecule has 0 spiro atoms. The zero-order chi connectivity index (χ0) is 30.2. The van der Waals surface area contributed by atoms with Gasteiger partial charge in [-0.25, -0.2) is 8.42 Å². The van der Waals surface area contributed by atoms with Crippen molar-refractivity contribution in [2.24, 2.45) is 0 Å². The summed E-state index contributed by atoms with van der Waals surface area (Å²) in [5.41, 5.74) is -2.31. The second-order valence-corrected chi connectivity index (χ2v) is 10.8. The molecule has 0 aliphatic carbocycles. The molecule has 0 atom stereocenters. The zero-order valence-corrected chi connectivity index (χ0v) is 22.7. The van der Waals surface area contributed by atoms with Crippen LogP contribution in [-0.4, -0.2) is 70.4 Å². The number of aromatic nitrogens is 2. The fourth-order valence-corrected chi connectivity index (χ4v) is 5.75. The Bertz CT molecular complexity index is 1450. The maximum Gasteiger partial charge on any atom is 0.416 e. The number of nitrogens with zero attached hydrogens (tertiary/aromatic N) is 4. The van der Waals surface area contributed by atoms with Gasteiger partial charge in [0.25, 0.3) is 0 Å². The van der Waals surface area contributed by atoms with Crippen molar-refractivity contribution < 1.29 is 49.0 Å². The summed E-state index contributed by atoms with van der Waals surface area (Å²) in [7, 11) is -0.247. The van der Waals surface area contributed by atoms with Crippen LogP contribution in [0.3, 0.4) is 0 Å². The number of methoxy groups -OCH3 is 3. The summed E-state index contributed by atoms with van der Waals surface area (Å²) in [6.07, 6.45) is -10.3. The highest BCUT2D eigenvalue weighted by Gasteiger charge is 2.39. The lowest BCUT2D eigenvalue weighted by molar-refractivity contribution is -0.143. The van der Waals surface area contributed by atoms with Crippen LogP contribution in [0.5, 0.6) is 17.2 Å². The molecule has 3 aromatic rings. The van der Waals surface area contributed by atoms with Gasteiger partial charge >= 0.3 is 12.4 Å². The van der Waals surface area contributed by atoms with E-state index < -0.39 is 38.4 Å². The van der Waals surface area contributed by atoms with Crippen LogP contribution in [-0.2, 0) is 22.4 Å². The van der Waals surface area contributed by atoms with E-state index in [1.165, 1.54) is 21.3 Å². The Kier molecular flexibility index (Phi) is 8.27. The molecule has 1 fully saturated rings. The summed E-state index contributed by atoms with van der Waals surface area (Å²) in [4.78, 5) is 0.619. The number of anilines is 1. The highest BCUT2D eigenvalue weighted by atomic mass is 32.2. The smallest absolute Gasteiger partial charge is 0.416 e.